The minimum Gasteiger partial charge on any atom is -0.465 e. The van der Waals surface area contributed by atoms with Gasteiger partial charge in [0.2, 0.25) is 0 Å². The Balaban J connectivity index is 2.07. The smallest absolute Gasteiger partial charge is 0.284 e. The molecule has 2 aromatic carbocycles. The number of hydrogen-bond donors (Lipinski definition) is 0. The van der Waals surface area contributed by atoms with Crippen molar-refractivity contribution in [2.24, 2.45) is 5.92 Å². The van der Waals surface area contributed by atoms with Crippen molar-refractivity contribution in [1.82, 2.24) is 0 Å². The summed E-state index contributed by atoms with van der Waals surface area (Å²) in [5.41, 5.74) is 3.69. The van der Waals surface area contributed by atoms with Gasteiger partial charge in [0.1, 0.15) is 5.76 Å². The van der Waals surface area contributed by atoms with Gasteiger partial charge in [-0.3, -0.25) is 0 Å². The van der Waals surface area contributed by atoms with E-state index < -0.39 is 0 Å². The molecule has 0 aliphatic carbocycles. The number of allylic oxidation sites excluding steroid dienone is 3. The van der Waals surface area contributed by atoms with Crippen LogP contribution in [0.1, 0.15) is 44.2 Å². The quantitative estimate of drug-likeness (QED) is 0.642. The Kier molecular flexibility index (Phi) is 5.60. The van der Waals surface area contributed by atoms with E-state index in [1.807, 2.05) is 6.92 Å². The van der Waals surface area contributed by atoms with Gasteiger partial charge in [-0.15, -0.1) is 0 Å². The Morgan fingerprint density at radius 2 is 1.48 bits per heavy atom. The van der Waals surface area contributed by atoms with Gasteiger partial charge in [-0.05, 0) is 30.5 Å². The summed E-state index contributed by atoms with van der Waals surface area (Å²) in [6.07, 6.45) is 3.04. The molecule has 0 atom stereocenters. The van der Waals surface area contributed by atoms with Crippen LogP contribution < -0.4 is 0 Å². The van der Waals surface area contributed by atoms with Gasteiger partial charge in [-0.2, -0.15) is 0 Å². The lowest BCUT2D eigenvalue weighted by Gasteiger charge is -2.28. The summed E-state index contributed by atoms with van der Waals surface area (Å²) >= 11 is 0. The van der Waals surface area contributed by atoms with E-state index in [2.05, 4.69) is 80.6 Å². The predicted molar refractivity (Wildman–Crippen MR) is 102 cm³/mol. The van der Waals surface area contributed by atoms with Gasteiger partial charge in [0.05, 0.1) is 6.61 Å². The summed E-state index contributed by atoms with van der Waals surface area (Å²) < 4.78 is 12.1. The average molecular weight is 334 g/mol. The van der Waals surface area contributed by atoms with Gasteiger partial charge in [0, 0.05) is 17.4 Å². The lowest BCUT2D eigenvalue weighted by molar-refractivity contribution is 0.0566. The standard InChI is InChI=1S/C23H26O2/c1-4-24-23-20(15-16-21(25-23)17(2)3)22(18-11-7-5-8-12-18)19-13-9-6-10-14-19/h5-14,16-17,22H,4,15H2,1-3H3. The topological polar surface area (TPSA) is 18.5 Å². The van der Waals surface area contributed by atoms with Gasteiger partial charge < -0.3 is 9.47 Å². The third kappa shape index (κ3) is 3.96. The summed E-state index contributed by atoms with van der Waals surface area (Å²) in [6, 6.07) is 21.2. The summed E-state index contributed by atoms with van der Waals surface area (Å²) in [7, 11) is 0. The highest BCUT2D eigenvalue weighted by molar-refractivity contribution is 5.43. The zero-order valence-corrected chi connectivity index (χ0v) is 15.2. The zero-order chi connectivity index (χ0) is 17.6. The van der Waals surface area contributed by atoms with Crippen molar-refractivity contribution in [3.63, 3.8) is 0 Å². The summed E-state index contributed by atoms with van der Waals surface area (Å²) in [6.45, 7) is 6.89. The van der Waals surface area contributed by atoms with Crippen molar-refractivity contribution in [2.75, 3.05) is 6.61 Å². The molecule has 0 N–H and O–H groups in total. The Hall–Kier alpha value is -2.48. The van der Waals surface area contributed by atoms with Crippen molar-refractivity contribution in [1.29, 1.82) is 0 Å². The SMILES string of the molecule is CCOC1=C(C(c2ccccc2)c2ccccc2)CC=C(C(C)C)O1. The van der Waals surface area contributed by atoms with Crippen LogP contribution >= 0.6 is 0 Å². The van der Waals surface area contributed by atoms with Crippen molar-refractivity contribution >= 4 is 0 Å². The highest BCUT2D eigenvalue weighted by Gasteiger charge is 2.28. The molecule has 0 unspecified atom stereocenters. The van der Waals surface area contributed by atoms with Crippen LogP contribution in [0.3, 0.4) is 0 Å². The fraction of sp³-hybridized carbons (Fsp3) is 0.304. The molecule has 0 saturated carbocycles. The molecule has 130 valence electrons. The molecule has 2 heteroatoms. The van der Waals surface area contributed by atoms with E-state index in [1.54, 1.807) is 0 Å². The van der Waals surface area contributed by atoms with Crippen LogP contribution in [0.25, 0.3) is 0 Å². The van der Waals surface area contributed by atoms with Gasteiger partial charge in [-0.25, -0.2) is 0 Å². The van der Waals surface area contributed by atoms with Crippen LogP contribution in [0.5, 0.6) is 0 Å². The highest BCUT2D eigenvalue weighted by Crippen LogP contribution is 2.39. The first-order valence-electron chi connectivity index (χ1n) is 9.04. The van der Waals surface area contributed by atoms with Crippen molar-refractivity contribution in [3.05, 3.63) is 95.1 Å². The molecular formula is C23H26O2. The zero-order valence-electron chi connectivity index (χ0n) is 15.2. The van der Waals surface area contributed by atoms with E-state index in [0.29, 0.717) is 18.5 Å². The average Bonchev–Trinajstić information content (AvgIpc) is 2.65. The molecule has 0 saturated heterocycles. The third-order valence-corrected chi connectivity index (χ3v) is 4.45. The predicted octanol–water partition coefficient (Wildman–Crippen LogP) is 6.03. The molecule has 1 aliphatic heterocycles. The van der Waals surface area contributed by atoms with E-state index in [4.69, 9.17) is 9.47 Å². The van der Waals surface area contributed by atoms with Crippen LogP contribution in [0, 0.1) is 5.92 Å². The summed E-state index contributed by atoms with van der Waals surface area (Å²) in [5.74, 6) is 2.15. The molecule has 1 aliphatic rings. The van der Waals surface area contributed by atoms with Crippen molar-refractivity contribution in [3.8, 4) is 0 Å². The maximum Gasteiger partial charge on any atom is 0.284 e. The van der Waals surface area contributed by atoms with E-state index >= 15 is 0 Å². The molecule has 25 heavy (non-hydrogen) atoms. The number of ether oxygens (including phenoxy) is 2. The fourth-order valence-electron chi connectivity index (χ4n) is 3.24. The molecule has 0 amide bonds. The minimum absolute atomic E-state index is 0.133. The van der Waals surface area contributed by atoms with Crippen molar-refractivity contribution in [2.45, 2.75) is 33.1 Å². The first kappa shape index (κ1) is 17.3. The van der Waals surface area contributed by atoms with Gasteiger partial charge in [0.15, 0.2) is 0 Å². The second-order valence-corrected chi connectivity index (χ2v) is 6.57. The van der Waals surface area contributed by atoms with Crippen LogP contribution in [0.15, 0.2) is 84.0 Å². The Morgan fingerprint density at radius 3 is 1.96 bits per heavy atom. The van der Waals surface area contributed by atoms with Crippen LogP contribution in [-0.4, -0.2) is 6.61 Å². The van der Waals surface area contributed by atoms with Crippen LogP contribution in [-0.2, 0) is 9.47 Å². The molecule has 0 aromatic heterocycles. The molecule has 0 fully saturated rings. The van der Waals surface area contributed by atoms with E-state index in [1.165, 1.54) is 16.7 Å². The maximum absolute atomic E-state index is 6.14. The van der Waals surface area contributed by atoms with Gasteiger partial charge in [-0.1, -0.05) is 74.5 Å². The number of benzene rings is 2. The van der Waals surface area contributed by atoms with Crippen LogP contribution in [0.2, 0.25) is 0 Å². The van der Waals surface area contributed by atoms with E-state index in [0.717, 1.165) is 12.2 Å². The molecular weight excluding hydrogens is 308 g/mol. The third-order valence-electron chi connectivity index (χ3n) is 4.45. The van der Waals surface area contributed by atoms with Gasteiger partial charge >= 0.3 is 0 Å². The lowest BCUT2D eigenvalue weighted by atomic mass is 9.83. The van der Waals surface area contributed by atoms with Crippen LogP contribution in [0.4, 0.5) is 0 Å². The Morgan fingerprint density at radius 1 is 0.920 bits per heavy atom. The second-order valence-electron chi connectivity index (χ2n) is 6.57. The number of rotatable bonds is 6. The van der Waals surface area contributed by atoms with Crippen molar-refractivity contribution < 1.29 is 9.47 Å². The largest absolute Gasteiger partial charge is 0.465 e. The molecule has 0 spiro atoms. The highest BCUT2D eigenvalue weighted by atomic mass is 16.7. The Bertz CT molecular complexity index is 703. The maximum atomic E-state index is 6.14. The summed E-state index contributed by atoms with van der Waals surface area (Å²) in [5, 5.41) is 0. The molecule has 2 nitrogen and oxygen atoms in total. The monoisotopic (exact) mass is 334 g/mol. The first-order chi connectivity index (χ1) is 12.2. The number of hydrogen-bond acceptors (Lipinski definition) is 2. The lowest BCUT2D eigenvalue weighted by Crippen LogP contribution is -2.16. The molecule has 0 bridgehead atoms. The fourth-order valence-corrected chi connectivity index (χ4v) is 3.24. The normalized spacial score (nSPS) is 14.5. The second kappa shape index (κ2) is 8.06. The minimum atomic E-state index is 0.133. The molecule has 1 heterocycles. The summed E-state index contributed by atoms with van der Waals surface area (Å²) in [4.78, 5) is 0. The first-order valence-corrected chi connectivity index (χ1v) is 9.04. The molecule has 2 aromatic rings. The van der Waals surface area contributed by atoms with Gasteiger partial charge in [0.25, 0.3) is 5.95 Å². The Labute approximate surface area is 150 Å². The molecule has 0 radical (unpaired) electrons. The van der Waals surface area contributed by atoms with E-state index in [9.17, 15) is 0 Å². The van der Waals surface area contributed by atoms with E-state index in [-0.39, 0.29) is 5.92 Å². The molecule has 3 rings (SSSR count).